The highest BCUT2D eigenvalue weighted by molar-refractivity contribution is 6.00. The molecule has 1 spiro atoms. The molecule has 8 rings (SSSR count). The predicted octanol–water partition coefficient (Wildman–Crippen LogP) is 4.09. The molecule has 7 aliphatic rings. The van der Waals surface area contributed by atoms with E-state index in [1.54, 1.807) is 6.07 Å². The molecule has 1 unspecified atom stereocenters. The van der Waals surface area contributed by atoms with Crippen molar-refractivity contribution in [2.75, 3.05) is 0 Å². The van der Waals surface area contributed by atoms with Crippen LogP contribution in [-0.4, -0.2) is 29.6 Å². The molecule has 4 heterocycles. The van der Waals surface area contributed by atoms with Crippen molar-refractivity contribution in [1.29, 1.82) is 0 Å². The van der Waals surface area contributed by atoms with Gasteiger partial charge in [0.05, 0.1) is 30.0 Å². The fraction of sp³-hybridized carbons (Fsp3) is 0.692. The Kier molecular flexibility index (Phi) is 3.59. The van der Waals surface area contributed by atoms with Crippen molar-refractivity contribution in [1.82, 2.24) is 0 Å². The van der Waals surface area contributed by atoms with E-state index in [2.05, 4.69) is 13.8 Å². The molecule has 0 amide bonds. The van der Waals surface area contributed by atoms with Crippen LogP contribution in [0.15, 0.2) is 39.3 Å². The van der Waals surface area contributed by atoms with Crippen molar-refractivity contribution in [2.45, 2.75) is 89.0 Å². The van der Waals surface area contributed by atoms with E-state index >= 15 is 0 Å². The third-order valence-electron chi connectivity index (χ3n) is 10.2. The Balaban J connectivity index is 1.28. The summed E-state index contributed by atoms with van der Waals surface area (Å²) in [7, 11) is 0. The van der Waals surface area contributed by atoms with Gasteiger partial charge >= 0.3 is 5.63 Å². The van der Waals surface area contributed by atoms with Gasteiger partial charge < -0.3 is 18.6 Å². The summed E-state index contributed by atoms with van der Waals surface area (Å²) >= 11 is 0. The molecule has 0 radical (unpaired) electrons. The molecule has 1 aromatic heterocycles. The zero-order valence-corrected chi connectivity index (χ0v) is 18.9. The smallest absolute Gasteiger partial charge is 0.335 e. The Morgan fingerprint density at radius 1 is 1.03 bits per heavy atom. The van der Waals surface area contributed by atoms with Gasteiger partial charge in [0.25, 0.3) is 5.97 Å². The van der Waals surface area contributed by atoms with Gasteiger partial charge in [-0.1, -0.05) is 19.4 Å². The molecule has 0 N–H and O–H groups in total. The van der Waals surface area contributed by atoms with E-state index < -0.39 is 5.97 Å². The van der Waals surface area contributed by atoms with Crippen LogP contribution in [0.25, 0.3) is 0 Å². The van der Waals surface area contributed by atoms with Crippen LogP contribution in [0.2, 0.25) is 0 Å². The van der Waals surface area contributed by atoms with Gasteiger partial charge in [-0.2, -0.15) is 0 Å². The highest BCUT2D eigenvalue weighted by Crippen LogP contribution is 2.72. The quantitative estimate of drug-likeness (QED) is 0.658. The molecule has 6 fully saturated rings. The molecule has 170 valence electrons. The third kappa shape index (κ3) is 2.17. The topological polar surface area (TPSA) is 75.0 Å². The fourth-order valence-electron chi connectivity index (χ4n) is 8.95. The van der Waals surface area contributed by atoms with Gasteiger partial charge in [0.2, 0.25) is 0 Å². The Hall–Kier alpha value is -1.76. The van der Waals surface area contributed by atoms with E-state index in [4.69, 9.17) is 18.6 Å². The number of ketones is 1. The van der Waals surface area contributed by atoms with Crippen molar-refractivity contribution < 1.29 is 23.4 Å². The number of hydrogen-bond donors (Lipinski definition) is 0. The van der Waals surface area contributed by atoms with Crippen molar-refractivity contribution in [3.63, 3.8) is 0 Å². The van der Waals surface area contributed by atoms with E-state index in [-0.39, 0.29) is 46.0 Å². The summed E-state index contributed by atoms with van der Waals surface area (Å²) in [4.78, 5) is 24.8. The van der Waals surface area contributed by atoms with Gasteiger partial charge in [0.15, 0.2) is 5.78 Å². The van der Waals surface area contributed by atoms with Gasteiger partial charge in [0.1, 0.15) is 0 Å². The Bertz CT molecular complexity index is 1100. The fourth-order valence-corrected chi connectivity index (χ4v) is 8.95. The maximum Gasteiger partial charge on any atom is 0.335 e. The van der Waals surface area contributed by atoms with Crippen LogP contribution in [0, 0.1) is 22.7 Å². The molecule has 9 atom stereocenters. The van der Waals surface area contributed by atoms with E-state index in [0.29, 0.717) is 11.8 Å². The monoisotopic (exact) mass is 438 g/mol. The molecule has 4 bridgehead atoms. The van der Waals surface area contributed by atoms with Crippen LogP contribution < -0.4 is 5.63 Å². The molecule has 32 heavy (non-hydrogen) atoms. The van der Waals surface area contributed by atoms with Crippen LogP contribution in [0.5, 0.6) is 0 Å². The summed E-state index contributed by atoms with van der Waals surface area (Å²) in [5.74, 6) is -0.269. The maximum atomic E-state index is 13.3. The first-order valence-electron chi connectivity index (χ1n) is 12.1. The first-order chi connectivity index (χ1) is 15.2. The lowest BCUT2D eigenvalue weighted by molar-refractivity contribution is -0.547. The van der Waals surface area contributed by atoms with E-state index in [1.807, 2.05) is 13.0 Å². The van der Waals surface area contributed by atoms with Crippen LogP contribution in [0.4, 0.5) is 0 Å². The van der Waals surface area contributed by atoms with E-state index in [0.717, 1.165) is 44.1 Å². The number of allylic oxidation sites excluding steroid dienone is 2. The second-order valence-corrected chi connectivity index (χ2v) is 11.6. The summed E-state index contributed by atoms with van der Waals surface area (Å²) < 4.78 is 24.3. The summed E-state index contributed by atoms with van der Waals surface area (Å²) in [6.07, 6.45) is 9.62. The summed E-state index contributed by atoms with van der Waals surface area (Å²) in [6.45, 7) is 6.55. The normalized spacial score (nSPS) is 52.9. The lowest BCUT2D eigenvalue weighted by atomic mass is 9.42. The third-order valence-corrected chi connectivity index (χ3v) is 10.2. The van der Waals surface area contributed by atoms with Crippen molar-refractivity contribution in [3.05, 3.63) is 46.0 Å². The van der Waals surface area contributed by atoms with Gasteiger partial charge in [-0.15, -0.1) is 0 Å². The minimum atomic E-state index is -0.910. The minimum absolute atomic E-state index is 0.0848. The number of carbonyl (C=O) groups excluding carboxylic acids is 1. The van der Waals surface area contributed by atoms with Crippen LogP contribution in [0.1, 0.15) is 70.8 Å². The van der Waals surface area contributed by atoms with Crippen molar-refractivity contribution >= 4 is 5.78 Å². The van der Waals surface area contributed by atoms with Gasteiger partial charge in [0, 0.05) is 36.7 Å². The van der Waals surface area contributed by atoms with Crippen LogP contribution in [-0.2, 0) is 19.0 Å². The van der Waals surface area contributed by atoms with Crippen LogP contribution in [0.3, 0.4) is 0 Å². The van der Waals surface area contributed by atoms with Crippen molar-refractivity contribution in [2.24, 2.45) is 22.7 Å². The van der Waals surface area contributed by atoms with Crippen LogP contribution >= 0.6 is 0 Å². The number of carbonyl (C=O) groups is 1. The van der Waals surface area contributed by atoms with Crippen molar-refractivity contribution in [3.8, 4) is 0 Å². The number of rotatable bonds is 1. The molecule has 4 aliphatic carbocycles. The summed E-state index contributed by atoms with van der Waals surface area (Å²) in [5, 5.41) is 0. The molecule has 1 aromatic rings. The summed E-state index contributed by atoms with van der Waals surface area (Å²) in [6, 6.07) is 3.19. The largest absolute Gasteiger partial charge is 0.431 e. The highest BCUT2D eigenvalue weighted by atomic mass is 16.9. The van der Waals surface area contributed by atoms with Gasteiger partial charge in [-0.05, 0) is 55.2 Å². The highest BCUT2D eigenvalue weighted by Gasteiger charge is 2.74. The first kappa shape index (κ1) is 19.7. The van der Waals surface area contributed by atoms with E-state index in [1.165, 1.54) is 17.9 Å². The molecule has 3 aliphatic heterocycles. The maximum absolute atomic E-state index is 13.3. The molecular formula is C26H30O6. The van der Waals surface area contributed by atoms with Gasteiger partial charge in [-0.3, -0.25) is 4.79 Å². The summed E-state index contributed by atoms with van der Waals surface area (Å²) in [5.41, 5.74) is 1.20. The molecular weight excluding hydrogens is 408 g/mol. The Morgan fingerprint density at radius 2 is 1.88 bits per heavy atom. The lowest BCUT2D eigenvalue weighted by Crippen LogP contribution is -2.78. The molecule has 3 saturated heterocycles. The Morgan fingerprint density at radius 3 is 2.62 bits per heavy atom. The number of fused-ring (bicyclic) bond motifs is 3. The number of hydrogen-bond acceptors (Lipinski definition) is 6. The molecule has 6 nitrogen and oxygen atoms in total. The van der Waals surface area contributed by atoms with Gasteiger partial charge in [-0.25, -0.2) is 4.79 Å². The zero-order valence-electron chi connectivity index (χ0n) is 18.9. The predicted molar refractivity (Wildman–Crippen MR) is 114 cm³/mol. The second-order valence-electron chi connectivity index (χ2n) is 11.6. The lowest BCUT2D eigenvalue weighted by Gasteiger charge is -2.73. The van der Waals surface area contributed by atoms with E-state index in [9.17, 15) is 9.59 Å². The average molecular weight is 439 g/mol. The average Bonchev–Trinajstić information content (AvgIpc) is 2.99. The Labute approximate surface area is 187 Å². The SMILES string of the molecule is CC12O[C@H]3C[C@@H](O1)[C@]1(C)[C@H]4CC[C@@]5(C)C(=CC(=O)[C@@H]5c5ccc(=O)oc5)[C@@H]4CC[C@@]1(C3)O2. The zero-order chi connectivity index (χ0) is 22.1. The standard InChI is InChI=1S/C26H30O6/c1-23-8-7-17-16(18(23)11-19(27)22(23)14-4-5-21(28)29-13-14)6-9-26-12-15-10-20(24(17,26)2)31-25(3,30-15)32-26/h4-5,11,13,15-17,20,22H,6-10,12H2,1-3H3/t15-,16+,17-,20+,22-,23-,24-,25?,26-/m0/s1. The molecule has 0 aromatic carbocycles. The molecule has 3 saturated carbocycles. The first-order valence-corrected chi connectivity index (χ1v) is 12.1. The second kappa shape index (κ2) is 5.83. The molecule has 6 heteroatoms. The number of ether oxygens (including phenoxy) is 3. The minimum Gasteiger partial charge on any atom is -0.431 e.